The van der Waals surface area contributed by atoms with E-state index in [1.54, 1.807) is 6.92 Å². The van der Waals surface area contributed by atoms with Crippen LogP contribution in [0.25, 0.3) is 0 Å². The predicted octanol–water partition coefficient (Wildman–Crippen LogP) is 2.59. The van der Waals surface area contributed by atoms with Crippen molar-refractivity contribution in [2.24, 2.45) is 0 Å². The smallest absolute Gasteiger partial charge is 0.305 e. The first-order chi connectivity index (χ1) is 5.08. The Bertz CT molecular complexity index is 92.1. The van der Waals surface area contributed by atoms with Crippen LogP contribution in [0.1, 0.15) is 34.1 Å². The lowest BCUT2D eigenvalue weighted by atomic mass is 10.4. The number of ether oxygens (including phenoxy) is 1. The number of hydrogen-bond donors (Lipinski definition) is 0. The highest BCUT2D eigenvalue weighted by Gasteiger charge is 1.98. The molecule has 0 aromatic heterocycles. The van der Waals surface area contributed by atoms with Gasteiger partial charge in [0.05, 0.1) is 6.10 Å². The van der Waals surface area contributed by atoms with Gasteiger partial charge in [0.1, 0.15) is 0 Å². The maximum atomic E-state index is 10.4. The van der Waals surface area contributed by atoms with Crippen molar-refractivity contribution in [3.63, 3.8) is 0 Å². The van der Waals surface area contributed by atoms with Crippen molar-refractivity contribution in [1.82, 2.24) is 0 Å². The average Bonchev–Trinajstić information content (AvgIpc) is 1.88. The largest absolute Gasteiger partial charge is 0.463 e. The van der Waals surface area contributed by atoms with E-state index in [0.29, 0.717) is 6.42 Å². The summed E-state index contributed by atoms with van der Waals surface area (Å²) in [5.74, 6) is 0.597. The van der Waals surface area contributed by atoms with Crippen molar-refractivity contribution in [2.75, 3.05) is 5.88 Å². The minimum absolute atomic E-state index is 0.0300. The van der Waals surface area contributed by atoms with Crippen molar-refractivity contribution >= 4 is 17.6 Å². The van der Waals surface area contributed by atoms with Gasteiger partial charge in [-0.25, -0.2) is 0 Å². The van der Waals surface area contributed by atoms with Gasteiger partial charge in [-0.2, -0.15) is 0 Å². The normalized spacial score (nSPS) is 8.55. The summed E-state index contributed by atoms with van der Waals surface area (Å²) in [5.41, 5.74) is 0. The van der Waals surface area contributed by atoms with Crippen LogP contribution in [0.4, 0.5) is 0 Å². The van der Waals surface area contributed by atoms with E-state index in [1.807, 2.05) is 20.8 Å². The Balaban J connectivity index is 0. The molecule has 2 nitrogen and oxygen atoms in total. The van der Waals surface area contributed by atoms with Crippen LogP contribution >= 0.6 is 11.6 Å². The van der Waals surface area contributed by atoms with Gasteiger partial charge in [0.2, 0.25) is 0 Å². The number of esters is 1. The van der Waals surface area contributed by atoms with E-state index in [9.17, 15) is 4.79 Å². The molecule has 0 aliphatic heterocycles. The molecule has 0 saturated heterocycles. The molecule has 0 aromatic carbocycles. The SMILES string of the molecule is CCC(=O)OC(C)C.CCCl. The van der Waals surface area contributed by atoms with Gasteiger partial charge in [-0.1, -0.05) is 13.8 Å². The molecule has 0 rings (SSSR count). The fraction of sp³-hybridized carbons (Fsp3) is 0.875. The molecule has 0 saturated carbocycles. The summed E-state index contributed by atoms with van der Waals surface area (Å²) in [6.45, 7) is 7.35. The summed E-state index contributed by atoms with van der Waals surface area (Å²) < 4.78 is 4.76. The standard InChI is InChI=1S/C6H12O2.C2H5Cl/c1-4-6(7)8-5(2)3;1-2-3/h5H,4H2,1-3H3;2H2,1H3. The summed E-state index contributed by atoms with van der Waals surface area (Å²) in [6, 6.07) is 0. The Morgan fingerprint density at radius 3 is 1.91 bits per heavy atom. The van der Waals surface area contributed by atoms with Gasteiger partial charge in [0.15, 0.2) is 0 Å². The molecular weight excluding hydrogens is 164 g/mol. The maximum absolute atomic E-state index is 10.4. The van der Waals surface area contributed by atoms with Crippen LogP contribution in [-0.2, 0) is 9.53 Å². The minimum Gasteiger partial charge on any atom is -0.463 e. The van der Waals surface area contributed by atoms with Gasteiger partial charge < -0.3 is 4.74 Å². The van der Waals surface area contributed by atoms with Crippen molar-refractivity contribution in [3.05, 3.63) is 0 Å². The van der Waals surface area contributed by atoms with E-state index in [1.165, 1.54) is 0 Å². The highest BCUT2D eigenvalue weighted by Crippen LogP contribution is 1.90. The van der Waals surface area contributed by atoms with Gasteiger partial charge in [-0.3, -0.25) is 4.79 Å². The Kier molecular flexibility index (Phi) is 11.9. The molecule has 0 fully saturated rings. The Morgan fingerprint density at radius 2 is 1.82 bits per heavy atom. The number of rotatable bonds is 2. The zero-order valence-electron chi connectivity index (χ0n) is 7.69. The molecule has 0 aliphatic carbocycles. The van der Waals surface area contributed by atoms with Crippen LogP contribution in [0.15, 0.2) is 0 Å². The molecule has 0 bridgehead atoms. The van der Waals surface area contributed by atoms with E-state index >= 15 is 0 Å². The lowest BCUT2D eigenvalue weighted by molar-refractivity contribution is -0.146. The molecule has 0 aromatic rings. The summed E-state index contributed by atoms with van der Waals surface area (Å²) in [6.07, 6.45) is 0.500. The molecule has 11 heavy (non-hydrogen) atoms. The molecule has 0 unspecified atom stereocenters. The van der Waals surface area contributed by atoms with E-state index in [-0.39, 0.29) is 12.1 Å². The van der Waals surface area contributed by atoms with Crippen LogP contribution in [-0.4, -0.2) is 18.0 Å². The van der Waals surface area contributed by atoms with Crippen molar-refractivity contribution < 1.29 is 9.53 Å². The molecule has 0 radical (unpaired) electrons. The van der Waals surface area contributed by atoms with Gasteiger partial charge in [-0.05, 0) is 13.8 Å². The first-order valence-electron chi connectivity index (χ1n) is 3.83. The van der Waals surface area contributed by atoms with Gasteiger partial charge in [-0.15, -0.1) is 11.6 Å². The van der Waals surface area contributed by atoms with E-state index in [4.69, 9.17) is 16.3 Å². The third-order valence-corrected chi connectivity index (χ3v) is 0.656. The number of alkyl halides is 1. The zero-order chi connectivity index (χ0) is 9.28. The third kappa shape index (κ3) is 17.7. The first kappa shape index (κ1) is 13.4. The molecule has 0 heterocycles. The first-order valence-corrected chi connectivity index (χ1v) is 4.37. The number of carbonyl (C=O) groups is 1. The highest BCUT2D eigenvalue weighted by molar-refractivity contribution is 6.17. The van der Waals surface area contributed by atoms with E-state index in [0.717, 1.165) is 5.88 Å². The van der Waals surface area contributed by atoms with E-state index < -0.39 is 0 Å². The summed E-state index contributed by atoms with van der Waals surface area (Å²) in [5, 5.41) is 0. The van der Waals surface area contributed by atoms with Crippen LogP contribution in [0.3, 0.4) is 0 Å². The Labute approximate surface area is 73.9 Å². The Hall–Kier alpha value is -0.240. The van der Waals surface area contributed by atoms with Crippen molar-refractivity contribution in [2.45, 2.75) is 40.2 Å². The fourth-order valence-electron chi connectivity index (χ4n) is 0.346. The fourth-order valence-corrected chi connectivity index (χ4v) is 0.346. The molecule has 0 atom stereocenters. The highest BCUT2D eigenvalue weighted by atomic mass is 35.5. The molecule has 0 aliphatic rings. The molecule has 0 spiro atoms. The van der Waals surface area contributed by atoms with Crippen LogP contribution < -0.4 is 0 Å². The van der Waals surface area contributed by atoms with Crippen LogP contribution in [0.5, 0.6) is 0 Å². The lowest BCUT2D eigenvalue weighted by Gasteiger charge is -2.04. The average molecular weight is 181 g/mol. The number of carbonyl (C=O) groups excluding carboxylic acids is 1. The molecule has 3 heteroatoms. The number of halogens is 1. The second-order valence-corrected chi connectivity index (χ2v) is 2.69. The maximum Gasteiger partial charge on any atom is 0.305 e. The summed E-state index contributed by atoms with van der Waals surface area (Å²) in [4.78, 5) is 10.4. The predicted molar refractivity (Wildman–Crippen MR) is 47.9 cm³/mol. The molecular formula is C8H17ClO2. The third-order valence-electron chi connectivity index (χ3n) is 0.656. The molecule has 0 amide bonds. The van der Waals surface area contributed by atoms with Gasteiger partial charge in [0.25, 0.3) is 0 Å². The zero-order valence-corrected chi connectivity index (χ0v) is 8.44. The summed E-state index contributed by atoms with van der Waals surface area (Å²) in [7, 11) is 0. The number of hydrogen-bond acceptors (Lipinski definition) is 2. The molecule has 68 valence electrons. The van der Waals surface area contributed by atoms with Crippen molar-refractivity contribution in [3.8, 4) is 0 Å². The van der Waals surface area contributed by atoms with E-state index in [2.05, 4.69) is 0 Å². The summed E-state index contributed by atoms with van der Waals surface area (Å²) >= 11 is 5.00. The van der Waals surface area contributed by atoms with Crippen LogP contribution in [0.2, 0.25) is 0 Å². The van der Waals surface area contributed by atoms with Gasteiger partial charge >= 0.3 is 5.97 Å². The van der Waals surface area contributed by atoms with Crippen molar-refractivity contribution in [1.29, 1.82) is 0 Å². The van der Waals surface area contributed by atoms with Crippen LogP contribution in [0, 0.1) is 0 Å². The lowest BCUT2D eigenvalue weighted by Crippen LogP contribution is -2.09. The minimum atomic E-state index is -0.125. The quantitative estimate of drug-likeness (QED) is 0.483. The second kappa shape index (κ2) is 9.76. The topological polar surface area (TPSA) is 26.3 Å². The van der Waals surface area contributed by atoms with Gasteiger partial charge in [0, 0.05) is 12.3 Å². The Morgan fingerprint density at radius 1 is 1.45 bits per heavy atom. The monoisotopic (exact) mass is 180 g/mol. The second-order valence-electron chi connectivity index (χ2n) is 2.16. The molecule has 0 N–H and O–H groups in total.